The van der Waals surface area contributed by atoms with Crippen molar-refractivity contribution in [3.63, 3.8) is 0 Å². The van der Waals surface area contributed by atoms with Crippen LogP contribution in [0.4, 0.5) is 11.4 Å². The van der Waals surface area contributed by atoms with Gasteiger partial charge in [-0.2, -0.15) is 0 Å². The highest BCUT2D eigenvalue weighted by Crippen LogP contribution is 2.24. The van der Waals surface area contributed by atoms with Gasteiger partial charge in [0.1, 0.15) is 5.75 Å². The lowest BCUT2D eigenvalue weighted by Crippen LogP contribution is -2.53. The molecule has 0 bridgehead atoms. The number of nitrogens with zero attached hydrogens (tertiary/aromatic N) is 3. The third kappa shape index (κ3) is 7.03. The summed E-state index contributed by atoms with van der Waals surface area (Å²) in [7, 11) is 1.55. The predicted molar refractivity (Wildman–Crippen MR) is 136 cm³/mol. The molecule has 36 heavy (non-hydrogen) atoms. The molecule has 3 amide bonds. The Bertz CT molecular complexity index is 1050. The molecule has 4 rings (SSSR count). The van der Waals surface area contributed by atoms with Crippen LogP contribution in [0.5, 0.6) is 5.75 Å². The number of methoxy groups -OCH3 is 1. The summed E-state index contributed by atoms with van der Waals surface area (Å²) in [6.45, 7) is 6.16. The molecule has 2 aliphatic heterocycles. The summed E-state index contributed by atoms with van der Waals surface area (Å²) in [5.41, 5.74) is 1.68. The van der Waals surface area contributed by atoms with Crippen LogP contribution in [0.15, 0.2) is 48.5 Å². The number of rotatable bonds is 8. The molecule has 0 atom stereocenters. The van der Waals surface area contributed by atoms with Gasteiger partial charge in [0, 0.05) is 50.5 Å². The zero-order valence-corrected chi connectivity index (χ0v) is 20.6. The zero-order chi connectivity index (χ0) is 25.3. The van der Waals surface area contributed by atoms with Crippen molar-refractivity contribution in [2.75, 3.05) is 83.3 Å². The monoisotopic (exact) mass is 495 g/mol. The normalized spacial score (nSPS) is 16.9. The number of carbonyl (C=O) groups is 3. The smallest absolute Gasteiger partial charge is 0.255 e. The molecule has 2 heterocycles. The van der Waals surface area contributed by atoms with Gasteiger partial charge in [-0.15, -0.1) is 0 Å². The third-order valence-corrected chi connectivity index (χ3v) is 6.34. The number of hydrogen-bond acceptors (Lipinski definition) is 7. The zero-order valence-electron chi connectivity index (χ0n) is 20.6. The van der Waals surface area contributed by atoms with E-state index in [2.05, 4.69) is 15.5 Å². The molecule has 2 saturated heterocycles. The SMILES string of the molecule is COc1ccccc1NC(=O)c1ccc(NC(=O)CN2CCN(C(=O)CN3CCOCC3)CC2)cc1. The van der Waals surface area contributed by atoms with Gasteiger partial charge in [0.25, 0.3) is 5.91 Å². The molecule has 0 saturated carbocycles. The first-order chi connectivity index (χ1) is 17.5. The molecular formula is C26H33N5O5. The van der Waals surface area contributed by atoms with E-state index in [4.69, 9.17) is 9.47 Å². The standard InChI is InChI=1S/C26H33N5O5/c1-35-23-5-3-2-4-22(23)28-26(34)20-6-8-21(9-7-20)27-24(32)18-29-10-12-31(13-11-29)25(33)19-30-14-16-36-17-15-30/h2-9H,10-19H2,1H3,(H,27,32)(H,28,34). The summed E-state index contributed by atoms with van der Waals surface area (Å²) < 4.78 is 10.6. The van der Waals surface area contributed by atoms with E-state index in [1.807, 2.05) is 21.9 Å². The van der Waals surface area contributed by atoms with E-state index in [0.29, 0.717) is 68.6 Å². The number of anilines is 2. The minimum absolute atomic E-state index is 0.130. The number of ether oxygens (including phenoxy) is 2. The molecule has 2 fully saturated rings. The summed E-state index contributed by atoms with van der Waals surface area (Å²) in [6.07, 6.45) is 0. The van der Waals surface area contributed by atoms with Crippen molar-refractivity contribution in [2.24, 2.45) is 0 Å². The van der Waals surface area contributed by atoms with E-state index in [-0.39, 0.29) is 24.3 Å². The maximum Gasteiger partial charge on any atom is 0.255 e. The van der Waals surface area contributed by atoms with Crippen LogP contribution >= 0.6 is 0 Å². The molecule has 0 aliphatic carbocycles. The number of piperazine rings is 1. The maximum atomic E-state index is 12.6. The molecule has 10 nitrogen and oxygen atoms in total. The van der Waals surface area contributed by atoms with Gasteiger partial charge >= 0.3 is 0 Å². The van der Waals surface area contributed by atoms with Gasteiger partial charge in [0.05, 0.1) is 39.1 Å². The average Bonchev–Trinajstić information content (AvgIpc) is 2.90. The van der Waals surface area contributed by atoms with Gasteiger partial charge in [-0.3, -0.25) is 24.2 Å². The number of hydrogen-bond donors (Lipinski definition) is 2. The largest absolute Gasteiger partial charge is 0.495 e. The molecular weight excluding hydrogens is 462 g/mol. The number of benzene rings is 2. The van der Waals surface area contributed by atoms with Gasteiger partial charge < -0.3 is 25.0 Å². The Labute approximate surface area is 211 Å². The average molecular weight is 496 g/mol. The molecule has 0 spiro atoms. The number of para-hydroxylation sites is 2. The van der Waals surface area contributed by atoms with E-state index >= 15 is 0 Å². The maximum absolute atomic E-state index is 12.6. The minimum atomic E-state index is -0.265. The summed E-state index contributed by atoms with van der Waals surface area (Å²) in [4.78, 5) is 43.7. The molecule has 0 unspecified atom stereocenters. The molecule has 2 N–H and O–H groups in total. The van der Waals surface area contributed by atoms with Crippen LogP contribution in [0, 0.1) is 0 Å². The molecule has 0 aromatic heterocycles. The first-order valence-corrected chi connectivity index (χ1v) is 12.2. The quantitative estimate of drug-likeness (QED) is 0.570. The molecule has 0 radical (unpaired) electrons. The Morgan fingerprint density at radius 2 is 1.50 bits per heavy atom. The van der Waals surface area contributed by atoms with Crippen molar-refractivity contribution in [3.8, 4) is 5.75 Å². The third-order valence-electron chi connectivity index (χ3n) is 6.34. The van der Waals surface area contributed by atoms with Crippen molar-refractivity contribution in [2.45, 2.75) is 0 Å². The Morgan fingerprint density at radius 1 is 0.833 bits per heavy atom. The highest BCUT2D eigenvalue weighted by molar-refractivity contribution is 6.05. The summed E-state index contributed by atoms with van der Waals surface area (Å²) in [5, 5.41) is 5.71. The molecule has 192 valence electrons. The topological polar surface area (TPSA) is 103 Å². The Balaban J connectivity index is 1.20. The van der Waals surface area contributed by atoms with Gasteiger partial charge in [-0.25, -0.2) is 0 Å². The van der Waals surface area contributed by atoms with E-state index in [1.54, 1.807) is 43.5 Å². The highest BCUT2D eigenvalue weighted by Gasteiger charge is 2.24. The first kappa shape index (κ1) is 25.6. The summed E-state index contributed by atoms with van der Waals surface area (Å²) in [6, 6.07) is 13.9. The van der Waals surface area contributed by atoms with Gasteiger partial charge in [-0.05, 0) is 36.4 Å². The second kappa shape index (κ2) is 12.5. The first-order valence-electron chi connectivity index (χ1n) is 12.2. The van der Waals surface area contributed by atoms with Crippen LogP contribution in [0.1, 0.15) is 10.4 Å². The number of nitrogens with one attached hydrogen (secondary N) is 2. The van der Waals surface area contributed by atoms with Crippen molar-refractivity contribution in [1.29, 1.82) is 0 Å². The highest BCUT2D eigenvalue weighted by atomic mass is 16.5. The van der Waals surface area contributed by atoms with E-state index in [9.17, 15) is 14.4 Å². The Kier molecular flexibility index (Phi) is 8.88. The Hall–Kier alpha value is -3.47. The predicted octanol–water partition coefficient (Wildman–Crippen LogP) is 1.36. The summed E-state index contributed by atoms with van der Waals surface area (Å²) >= 11 is 0. The van der Waals surface area contributed by atoms with Crippen molar-refractivity contribution in [1.82, 2.24) is 14.7 Å². The van der Waals surface area contributed by atoms with Crippen LogP contribution in [0.2, 0.25) is 0 Å². The molecule has 2 aliphatic rings. The van der Waals surface area contributed by atoms with Gasteiger partial charge in [0.15, 0.2) is 0 Å². The Morgan fingerprint density at radius 3 is 2.19 bits per heavy atom. The van der Waals surface area contributed by atoms with Crippen LogP contribution in [-0.2, 0) is 14.3 Å². The fourth-order valence-electron chi connectivity index (χ4n) is 4.26. The van der Waals surface area contributed by atoms with Crippen LogP contribution in [0.25, 0.3) is 0 Å². The van der Waals surface area contributed by atoms with Gasteiger partial charge in [0.2, 0.25) is 11.8 Å². The lowest BCUT2D eigenvalue weighted by Gasteiger charge is -2.36. The lowest BCUT2D eigenvalue weighted by atomic mass is 10.2. The van der Waals surface area contributed by atoms with Crippen molar-refractivity contribution < 1.29 is 23.9 Å². The van der Waals surface area contributed by atoms with E-state index in [1.165, 1.54) is 0 Å². The van der Waals surface area contributed by atoms with Crippen LogP contribution in [0.3, 0.4) is 0 Å². The molecule has 2 aromatic rings. The van der Waals surface area contributed by atoms with E-state index < -0.39 is 0 Å². The lowest BCUT2D eigenvalue weighted by molar-refractivity contribution is -0.135. The van der Waals surface area contributed by atoms with Crippen molar-refractivity contribution >= 4 is 29.1 Å². The number of morpholine rings is 1. The fourth-order valence-corrected chi connectivity index (χ4v) is 4.26. The number of amides is 3. The van der Waals surface area contributed by atoms with E-state index in [0.717, 1.165) is 13.1 Å². The fraction of sp³-hybridized carbons (Fsp3) is 0.423. The second-order valence-corrected chi connectivity index (χ2v) is 8.83. The van der Waals surface area contributed by atoms with Crippen LogP contribution in [-0.4, -0.2) is 105 Å². The molecule has 2 aromatic carbocycles. The summed E-state index contributed by atoms with van der Waals surface area (Å²) in [5.74, 6) is 0.320. The van der Waals surface area contributed by atoms with Crippen LogP contribution < -0.4 is 15.4 Å². The molecule has 10 heteroatoms. The van der Waals surface area contributed by atoms with Gasteiger partial charge in [-0.1, -0.05) is 12.1 Å². The number of carbonyl (C=O) groups excluding carboxylic acids is 3. The van der Waals surface area contributed by atoms with Crippen molar-refractivity contribution in [3.05, 3.63) is 54.1 Å². The second-order valence-electron chi connectivity index (χ2n) is 8.83. The minimum Gasteiger partial charge on any atom is -0.495 e.